The first-order valence-corrected chi connectivity index (χ1v) is 13.5. The Morgan fingerprint density at radius 1 is 0.842 bits per heavy atom. The van der Waals surface area contributed by atoms with Crippen molar-refractivity contribution in [3.63, 3.8) is 0 Å². The van der Waals surface area contributed by atoms with Crippen LogP contribution >= 0.6 is 11.6 Å². The van der Waals surface area contributed by atoms with Crippen LogP contribution in [0.2, 0.25) is 5.02 Å². The van der Waals surface area contributed by atoms with Crippen molar-refractivity contribution in [1.82, 2.24) is 15.0 Å². The second kappa shape index (κ2) is 10.2. The molecule has 1 amide bonds. The van der Waals surface area contributed by atoms with E-state index in [1.807, 2.05) is 36.4 Å². The van der Waals surface area contributed by atoms with Gasteiger partial charge in [-0.3, -0.25) is 9.52 Å². The minimum Gasteiger partial charge on any atom is -0.322 e. The quantitative estimate of drug-likeness (QED) is 0.271. The molecule has 3 aromatic carbocycles. The molecule has 190 valence electrons. The fourth-order valence-electron chi connectivity index (χ4n) is 4.01. The predicted octanol–water partition coefficient (Wildman–Crippen LogP) is 6.02. The molecule has 10 heteroatoms. The molecule has 5 aromatic rings. The van der Waals surface area contributed by atoms with Crippen LogP contribution in [0.3, 0.4) is 0 Å². The second-order valence-electron chi connectivity index (χ2n) is 8.60. The summed E-state index contributed by atoms with van der Waals surface area (Å²) in [5, 5.41) is 4.16. The van der Waals surface area contributed by atoms with Gasteiger partial charge in [0.2, 0.25) is 0 Å². The van der Waals surface area contributed by atoms with Crippen molar-refractivity contribution < 1.29 is 13.2 Å². The molecule has 0 bridgehead atoms. The molecule has 0 fully saturated rings. The number of benzene rings is 3. The van der Waals surface area contributed by atoms with Gasteiger partial charge in [-0.1, -0.05) is 41.9 Å². The molecular formula is C28H22ClN5O3S. The predicted molar refractivity (Wildman–Crippen MR) is 149 cm³/mol. The van der Waals surface area contributed by atoms with Crippen molar-refractivity contribution in [2.24, 2.45) is 0 Å². The van der Waals surface area contributed by atoms with Crippen molar-refractivity contribution in [2.75, 3.05) is 10.0 Å². The van der Waals surface area contributed by atoms with Crippen molar-refractivity contribution in [3.05, 3.63) is 107 Å². The Kier molecular flexibility index (Phi) is 6.79. The lowest BCUT2D eigenvalue weighted by Gasteiger charge is -2.12. The van der Waals surface area contributed by atoms with Crippen molar-refractivity contribution >= 4 is 49.9 Å². The summed E-state index contributed by atoms with van der Waals surface area (Å²) in [4.78, 5) is 26.4. The molecule has 0 radical (unpaired) electrons. The van der Waals surface area contributed by atoms with E-state index in [9.17, 15) is 13.2 Å². The fraction of sp³-hybridized carbons (Fsp3) is 0.0714. The molecule has 0 atom stereocenters. The summed E-state index contributed by atoms with van der Waals surface area (Å²) in [7, 11) is -3.88. The maximum absolute atomic E-state index is 13.3. The number of para-hydroxylation sites is 1. The highest BCUT2D eigenvalue weighted by molar-refractivity contribution is 7.92. The number of halogens is 1. The van der Waals surface area contributed by atoms with Crippen LogP contribution < -0.4 is 10.0 Å². The Hall–Kier alpha value is -4.34. The number of nitrogens with one attached hydrogen (secondary N) is 2. The van der Waals surface area contributed by atoms with Gasteiger partial charge in [-0.25, -0.2) is 23.4 Å². The number of aromatic nitrogens is 3. The van der Waals surface area contributed by atoms with Gasteiger partial charge in [0.1, 0.15) is 11.6 Å². The molecular weight excluding hydrogens is 522 g/mol. The van der Waals surface area contributed by atoms with Gasteiger partial charge in [0.15, 0.2) is 0 Å². The molecule has 5 rings (SSSR count). The summed E-state index contributed by atoms with van der Waals surface area (Å²) >= 11 is 6.03. The maximum Gasteiger partial charge on any atom is 0.263 e. The van der Waals surface area contributed by atoms with Crippen LogP contribution in [0.15, 0.2) is 89.8 Å². The van der Waals surface area contributed by atoms with E-state index in [0.717, 1.165) is 5.56 Å². The SMILES string of the molecule is Cc1cc(NS(=O)(=O)c2ccc(NC(=O)c3cc(-c4ccc(Cl)cc4)nc4ccccc34)cc2)nc(C)n1. The number of pyridine rings is 1. The van der Waals surface area contributed by atoms with Gasteiger partial charge in [-0.05, 0) is 62.4 Å². The molecule has 2 aromatic heterocycles. The Labute approximate surface area is 224 Å². The van der Waals surface area contributed by atoms with Gasteiger partial charge in [0, 0.05) is 33.4 Å². The topological polar surface area (TPSA) is 114 Å². The zero-order valence-corrected chi connectivity index (χ0v) is 22.0. The Balaban J connectivity index is 1.40. The summed E-state index contributed by atoms with van der Waals surface area (Å²) in [6, 6.07) is 23.8. The monoisotopic (exact) mass is 543 g/mol. The zero-order valence-electron chi connectivity index (χ0n) is 20.4. The van der Waals surface area contributed by atoms with Crippen molar-refractivity contribution in [2.45, 2.75) is 18.7 Å². The van der Waals surface area contributed by atoms with Gasteiger partial charge in [0.05, 0.1) is 21.7 Å². The molecule has 0 saturated carbocycles. The summed E-state index contributed by atoms with van der Waals surface area (Å²) in [6.07, 6.45) is 0. The molecule has 2 N–H and O–H groups in total. The van der Waals surface area contributed by atoms with Crippen LogP contribution in [0.4, 0.5) is 11.5 Å². The molecule has 0 saturated heterocycles. The third-order valence-corrected chi connectivity index (χ3v) is 7.35. The molecule has 0 aliphatic rings. The van der Waals surface area contributed by atoms with Crippen molar-refractivity contribution in [3.8, 4) is 11.3 Å². The third-order valence-electron chi connectivity index (χ3n) is 5.73. The number of amides is 1. The number of sulfonamides is 1. The highest BCUT2D eigenvalue weighted by atomic mass is 35.5. The van der Waals surface area contributed by atoms with E-state index in [1.54, 1.807) is 38.1 Å². The molecule has 38 heavy (non-hydrogen) atoms. The maximum atomic E-state index is 13.3. The Morgan fingerprint density at radius 3 is 2.26 bits per heavy atom. The summed E-state index contributed by atoms with van der Waals surface area (Å²) in [5.74, 6) is 0.302. The van der Waals surface area contributed by atoms with Crippen LogP contribution in [0.1, 0.15) is 21.9 Å². The molecule has 0 spiro atoms. The normalized spacial score (nSPS) is 11.3. The van der Waals surface area contributed by atoms with Gasteiger partial charge in [-0.15, -0.1) is 0 Å². The van der Waals surface area contributed by atoms with Gasteiger partial charge in [0.25, 0.3) is 15.9 Å². The number of carbonyl (C=O) groups excluding carboxylic acids is 1. The van der Waals surface area contributed by atoms with E-state index in [0.29, 0.717) is 44.4 Å². The molecule has 2 heterocycles. The number of fused-ring (bicyclic) bond motifs is 1. The molecule has 0 unspecified atom stereocenters. The summed E-state index contributed by atoms with van der Waals surface area (Å²) in [6.45, 7) is 3.45. The number of nitrogens with zero attached hydrogens (tertiary/aromatic N) is 3. The standard InChI is InChI=1S/C28H22ClN5O3S/c1-17-15-27(31-18(2)30-17)34-38(36,37)22-13-11-21(12-14-22)32-28(35)24-16-26(19-7-9-20(29)10-8-19)33-25-6-4-3-5-23(24)25/h3-16H,1-2H3,(H,32,35)(H,30,31,34). The van der Waals surface area contributed by atoms with Gasteiger partial charge in [-0.2, -0.15) is 0 Å². The Bertz CT molecular complexity index is 1750. The van der Waals surface area contributed by atoms with Crippen LogP contribution in [0.25, 0.3) is 22.2 Å². The average molecular weight is 544 g/mol. The van der Waals surface area contributed by atoms with Crippen LogP contribution in [-0.4, -0.2) is 29.3 Å². The summed E-state index contributed by atoms with van der Waals surface area (Å²) in [5.41, 5.74) is 3.66. The average Bonchev–Trinajstić information content (AvgIpc) is 2.88. The highest BCUT2D eigenvalue weighted by Crippen LogP contribution is 2.27. The van der Waals surface area contributed by atoms with Gasteiger partial charge >= 0.3 is 0 Å². The number of rotatable bonds is 6. The smallest absolute Gasteiger partial charge is 0.263 e. The zero-order chi connectivity index (χ0) is 26.9. The van der Waals surface area contributed by atoms with Crippen molar-refractivity contribution in [1.29, 1.82) is 0 Å². The van der Waals surface area contributed by atoms with Crippen LogP contribution in [0.5, 0.6) is 0 Å². The number of anilines is 2. The molecule has 0 aliphatic carbocycles. The van der Waals surface area contributed by atoms with Gasteiger partial charge < -0.3 is 5.32 Å². The van der Waals surface area contributed by atoms with E-state index in [-0.39, 0.29) is 16.6 Å². The van der Waals surface area contributed by atoms with E-state index in [4.69, 9.17) is 16.6 Å². The number of hydrogen-bond donors (Lipinski definition) is 2. The first kappa shape index (κ1) is 25.3. The van der Waals surface area contributed by atoms with Crippen LogP contribution in [0, 0.1) is 13.8 Å². The fourth-order valence-corrected chi connectivity index (χ4v) is 5.13. The lowest BCUT2D eigenvalue weighted by molar-refractivity contribution is 0.102. The minimum absolute atomic E-state index is 0.0313. The minimum atomic E-state index is -3.88. The third kappa shape index (κ3) is 5.49. The van der Waals surface area contributed by atoms with E-state index in [2.05, 4.69) is 20.0 Å². The number of aryl methyl sites for hydroxylation is 2. The van der Waals surface area contributed by atoms with Crippen LogP contribution in [-0.2, 0) is 10.0 Å². The second-order valence-corrected chi connectivity index (χ2v) is 10.7. The summed E-state index contributed by atoms with van der Waals surface area (Å²) < 4.78 is 28.2. The highest BCUT2D eigenvalue weighted by Gasteiger charge is 2.17. The first-order chi connectivity index (χ1) is 18.2. The molecule has 0 aliphatic heterocycles. The molecule has 8 nitrogen and oxygen atoms in total. The largest absolute Gasteiger partial charge is 0.322 e. The first-order valence-electron chi connectivity index (χ1n) is 11.6. The van der Waals surface area contributed by atoms with E-state index in [1.165, 1.54) is 24.3 Å². The lowest BCUT2D eigenvalue weighted by atomic mass is 10.0. The Morgan fingerprint density at radius 2 is 1.55 bits per heavy atom. The number of carbonyl (C=O) groups is 1. The van der Waals surface area contributed by atoms with E-state index < -0.39 is 10.0 Å². The van der Waals surface area contributed by atoms with E-state index >= 15 is 0 Å². The number of hydrogen-bond acceptors (Lipinski definition) is 6. The lowest BCUT2D eigenvalue weighted by Crippen LogP contribution is -2.15.